The van der Waals surface area contributed by atoms with Crippen LogP contribution in [0.15, 0.2) is 48.5 Å². The van der Waals surface area contributed by atoms with Gasteiger partial charge in [-0.25, -0.2) is 13.6 Å². The van der Waals surface area contributed by atoms with Gasteiger partial charge >= 0.3 is 6.03 Å². The van der Waals surface area contributed by atoms with Crippen molar-refractivity contribution in [3.05, 3.63) is 65.7 Å². The molecule has 2 bridgehead atoms. The van der Waals surface area contributed by atoms with E-state index in [1.54, 1.807) is 24.3 Å². The van der Waals surface area contributed by atoms with E-state index in [0.29, 0.717) is 24.2 Å². The number of halogens is 2. The van der Waals surface area contributed by atoms with Crippen molar-refractivity contribution in [2.24, 2.45) is 11.8 Å². The maximum Gasteiger partial charge on any atom is 0.319 e. The summed E-state index contributed by atoms with van der Waals surface area (Å²) < 4.78 is 26.1. The van der Waals surface area contributed by atoms with Crippen LogP contribution in [0.3, 0.4) is 0 Å². The predicted octanol–water partition coefficient (Wildman–Crippen LogP) is 4.82. The molecule has 0 radical (unpaired) electrons. The van der Waals surface area contributed by atoms with E-state index < -0.39 is 0 Å². The van der Waals surface area contributed by atoms with Gasteiger partial charge in [0, 0.05) is 31.4 Å². The summed E-state index contributed by atoms with van der Waals surface area (Å²) in [6, 6.07) is 13.0. The van der Waals surface area contributed by atoms with Gasteiger partial charge in [0.05, 0.1) is 0 Å². The topological polar surface area (TPSA) is 44.4 Å². The van der Waals surface area contributed by atoms with Crippen molar-refractivity contribution < 1.29 is 13.6 Å². The fourth-order valence-corrected chi connectivity index (χ4v) is 5.05. The zero-order chi connectivity index (χ0) is 20.9. The summed E-state index contributed by atoms with van der Waals surface area (Å²) >= 11 is 0. The zero-order valence-electron chi connectivity index (χ0n) is 17.1. The molecule has 2 aromatic carbocycles. The van der Waals surface area contributed by atoms with Gasteiger partial charge in [-0.3, -0.25) is 4.90 Å². The molecule has 2 aromatic rings. The number of benzene rings is 2. The third-order valence-electron chi connectivity index (χ3n) is 6.43. The van der Waals surface area contributed by atoms with Gasteiger partial charge in [0.1, 0.15) is 11.6 Å². The van der Waals surface area contributed by atoms with Crippen LogP contribution in [-0.2, 0) is 6.42 Å². The van der Waals surface area contributed by atoms with E-state index in [4.69, 9.17) is 0 Å². The number of carbonyl (C=O) groups is 1. The standard InChI is InChI=1S/C24H29F2N3O/c25-20-5-2-17(3-6-20)14-19-15-18-4-11-23(19)29(16-18)13-1-12-27-24(30)28-22-9-7-21(26)8-10-22/h2-3,5-10,18-19,23H,1,4,11-16H2,(H2,27,28,30)/t18-,19-,23+/m1/s1. The normalized spacial score (nSPS) is 23.3. The molecule has 2 saturated heterocycles. The van der Waals surface area contributed by atoms with Crippen LogP contribution in [0.1, 0.15) is 31.2 Å². The van der Waals surface area contributed by atoms with E-state index in [-0.39, 0.29) is 17.7 Å². The summed E-state index contributed by atoms with van der Waals surface area (Å²) in [5.41, 5.74) is 1.79. The molecule has 30 heavy (non-hydrogen) atoms. The minimum Gasteiger partial charge on any atom is -0.338 e. The number of hydrogen-bond donors (Lipinski definition) is 2. The van der Waals surface area contributed by atoms with Crippen LogP contribution in [0.25, 0.3) is 0 Å². The molecule has 1 aliphatic carbocycles. The number of piperidine rings is 2. The van der Waals surface area contributed by atoms with Crippen LogP contribution >= 0.6 is 0 Å². The van der Waals surface area contributed by atoms with Crippen molar-refractivity contribution in [2.75, 3.05) is 25.0 Å². The SMILES string of the molecule is O=C(NCCCN1C[C@@H]2CC[C@H]1[C@H](Cc1ccc(F)cc1)C2)Nc1ccc(F)cc1. The molecular formula is C24H29F2N3O. The Hall–Kier alpha value is -2.47. The first kappa shape index (κ1) is 20.8. The third kappa shape index (κ3) is 5.36. The maximum atomic E-state index is 13.2. The molecule has 2 heterocycles. The molecule has 4 nitrogen and oxygen atoms in total. The number of hydrogen-bond acceptors (Lipinski definition) is 2. The predicted molar refractivity (Wildman–Crippen MR) is 114 cm³/mol. The van der Waals surface area contributed by atoms with Gasteiger partial charge in [-0.2, -0.15) is 0 Å². The van der Waals surface area contributed by atoms with Crippen LogP contribution in [0.5, 0.6) is 0 Å². The number of urea groups is 1. The largest absolute Gasteiger partial charge is 0.338 e. The highest BCUT2D eigenvalue weighted by atomic mass is 19.1. The monoisotopic (exact) mass is 413 g/mol. The molecule has 5 rings (SSSR count). The Labute approximate surface area is 176 Å². The molecule has 6 heteroatoms. The lowest BCUT2D eigenvalue weighted by Gasteiger charge is -2.50. The Morgan fingerprint density at radius 1 is 1.00 bits per heavy atom. The van der Waals surface area contributed by atoms with Crippen molar-refractivity contribution in [1.29, 1.82) is 0 Å². The number of nitrogens with zero attached hydrogens (tertiary/aromatic N) is 1. The van der Waals surface area contributed by atoms with Crippen LogP contribution < -0.4 is 10.6 Å². The van der Waals surface area contributed by atoms with Crippen LogP contribution in [0.2, 0.25) is 0 Å². The van der Waals surface area contributed by atoms with Gasteiger partial charge in [0.25, 0.3) is 0 Å². The highest BCUT2D eigenvalue weighted by molar-refractivity contribution is 5.89. The van der Waals surface area contributed by atoms with Gasteiger partial charge in [-0.15, -0.1) is 0 Å². The van der Waals surface area contributed by atoms with E-state index in [0.717, 1.165) is 31.8 Å². The molecule has 0 unspecified atom stereocenters. The van der Waals surface area contributed by atoms with E-state index in [1.165, 1.54) is 37.0 Å². The molecule has 0 aromatic heterocycles. The van der Waals surface area contributed by atoms with Gasteiger partial charge in [0.15, 0.2) is 0 Å². The minimum absolute atomic E-state index is 0.179. The average Bonchev–Trinajstić information content (AvgIpc) is 2.75. The first-order valence-electron chi connectivity index (χ1n) is 10.9. The summed E-state index contributed by atoms with van der Waals surface area (Å²) in [5, 5.41) is 5.60. The van der Waals surface area contributed by atoms with Crippen molar-refractivity contribution in [3.8, 4) is 0 Å². The van der Waals surface area contributed by atoms with E-state index in [1.807, 2.05) is 12.1 Å². The number of amides is 2. The number of rotatable bonds is 7. The molecule has 2 amide bonds. The lowest BCUT2D eigenvalue weighted by molar-refractivity contribution is 0.000976. The third-order valence-corrected chi connectivity index (χ3v) is 6.43. The van der Waals surface area contributed by atoms with Crippen LogP contribution in [0.4, 0.5) is 19.3 Å². The lowest BCUT2D eigenvalue weighted by Crippen LogP contribution is -2.54. The average molecular weight is 414 g/mol. The van der Waals surface area contributed by atoms with E-state index in [2.05, 4.69) is 15.5 Å². The summed E-state index contributed by atoms with van der Waals surface area (Å²) in [4.78, 5) is 14.6. The smallest absolute Gasteiger partial charge is 0.319 e. The molecule has 3 fully saturated rings. The molecule has 1 saturated carbocycles. The molecule has 0 spiro atoms. The fourth-order valence-electron chi connectivity index (χ4n) is 5.05. The molecule has 2 aliphatic heterocycles. The highest BCUT2D eigenvalue weighted by Gasteiger charge is 2.40. The second-order valence-corrected chi connectivity index (χ2v) is 8.57. The summed E-state index contributed by atoms with van der Waals surface area (Å²) in [5.74, 6) is 0.865. The summed E-state index contributed by atoms with van der Waals surface area (Å²) in [7, 11) is 0. The Balaban J connectivity index is 1.22. The molecule has 3 aliphatic rings. The number of nitrogens with one attached hydrogen (secondary N) is 2. The number of anilines is 1. The second-order valence-electron chi connectivity index (χ2n) is 8.57. The van der Waals surface area contributed by atoms with Gasteiger partial charge < -0.3 is 10.6 Å². The van der Waals surface area contributed by atoms with Crippen LogP contribution in [-0.4, -0.2) is 36.6 Å². The first-order chi connectivity index (χ1) is 14.6. The lowest BCUT2D eigenvalue weighted by atomic mass is 9.70. The number of fused-ring (bicyclic) bond motifs is 3. The maximum absolute atomic E-state index is 13.2. The first-order valence-corrected chi connectivity index (χ1v) is 10.9. The Morgan fingerprint density at radius 2 is 1.70 bits per heavy atom. The molecule has 3 atom stereocenters. The Bertz CT molecular complexity index is 841. The van der Waals surface area contributed by atoms with Crippen molar-refractivity contribution >= 4 is 11.7 Å². The van der Waals surface area contributed by atoms with Crippen molar-refractivity contribution in [3.63, 3.8) is 0 Å². The Morgan fingerprint density at radius 3 is 2.40 bits per heavy atom. The zero-order valence-corrected chi connectivity index (χ0v) is 17.1. The highest BCUT2D eigenvalue weighted by Crippen LogP contribution is 2.40. The van der Waals surface area contributed by atoms with Gasteiger partial charge in [-0.1, -0.05) is 12.1 Å². The summed E-state index contributed by atoms with van der Waals surface area (Å²) in [6.07, 6.45) is 5.70. The summed E-state index contributed by atoms with van der Waals surface area (Å²) in [6.45, 7) is 2.72. The van der Waals surface area contributed by atoms with E-state index >= 15 is 0 Å². The van der Waals surface area contributed by atoms with Crippen LogP contribution in [0, 0.1) is 23.5 Å². The molecule has 2 N–H and O–H groups in total. The Kier molecular flexibility index (Phi) is 6.62. The fraction of sp³-hybridized carbons (Fsp3) is 0.458. The molecular weight excluding hydrogens is 384 g/mol. The van der Waals surface area contributed by atoms with Crippen molar-refractivity contribution in [2.45, 2.75) is 38.1 Å². The molecule has 160 valence electrons. The van der Waals surface area contributed by atoms with Gasteiger partial charge in [-0.05, 0) is 85.9 Å². The van der Waals surface area contributed by atoms with Gasteiger partial charge in [0.2, 0.25) is 0 Å². The van der Waals surface area contributed by atoms with E-state index in [9.17, 15) is 13.6 Å². The quantitative estimate of drug-likeness (QED) is 0.639. The minimum atomic E-state index is -0.325. The number of carbonyl (C=O) groups excluding carboxylic acids is 1. The second kappa shape index (κ2) is 9.56. The van der Waals surface area contributed by atoms with Crippen molar-refractivity contribution in [1.82, 2.24) is 10.2 Å².